The van der Waals surface area contributed by atoms with E-state index in [1.807, 2.05) is 0 Å². The Balaban J connectivity index is 1.36. The largest absolute Gasteiger partial charge is 0.353 e. The molecule has 2 atom stereocenters. The normalized spacial score (nSPS) is 23.5. The average Bonchev–Trinajstić information content (AvgIpc) is 3.10. The summed E-state index contributed by atoms with van der Waals surface area (Å²) in [6.07, 6.45) is 5.36. The molecule has 3 rings (SSSR count). The van der Waals surface area contributed by atoms with Crippen molar-refractivity contribution in [3.05, 3.63) is 35.9 Å². The quantitative estimate of drug-likeness (QED) is 0.800. The van der Waals surface area contributed by atoms with Gasteiger partial charge in [0.05, 0.1) is 0 Å². The lowest BCUT2D eigenvalue weighted by atomic mass is 9.93. The van der Waals surface area contributed by atoms with Crippen molar-refractivity contribution >= 4 is 5.91 Å². The molecule has 1 aromatic rings. The molecule has 0 aliphatic carbocycles. The number of nitrogens with zero attached hydrogens (tertiary/aromatic N) is 1. The van der Waals surface area contributed by atoms with Crippen LogP contribution in [0.3, 0.4) is 0 Å². The van der Waals surface area contributed by atoms with Crippen LogP contribution >= 0.6 is 0 Å². The van der Waals surface area contributed by atoms with E-state index in [4.69, 9.17) is 0 Å². The van der Waals surface area contributed by atoms with Gasteiger partial charge in [-0.15, -0.1) is 0 Å². The molecule has 2 aliphatic heterocycles. The van der Waals surface area contributed by atoms with Gasteiger partial charge in [0, 0.05) is 25.6 Å². The Bertz CT molecular complexity index is 527. The first-order chi connectivity index (χ1) is 12.2. The smallest absolute Gasteiger partial charge is 0.220 e. The van der Waals surface area contributed by atoms with E-state index >= 15 is 0 Å². The fraction of sp³-hybridized carbons (Fsp3) is 0.667. The van der Waals surface area contributed by atoms with Crippen molar-refractivity contribution in [3.8, 4) is 0 Å². The maximum absolute atomic E-state index is 12.3. The van der Waals surface area contributed by atoms with Crippen LogP contribution in [0.4, 0.5) is 0 Å². The molecule has 0 aromatic heterocycles. The van der Waals surface area contributed by atoms with E-state index in [1.165, 1.54) is 24.8 Å². The summed E-state index contributed by atoms with van der Waals surface area (Å²) in [4.78, 5) is 14.8. The van der Waals surface area contributed by atoms with E-state index in [0.717, 1.165) is 45.1 Å². The maximum Gasteiger partial charge on any atom is 0.220 e. The highest BCUT2D eigenvalue weighted by molar-refractivity contribution is 5.76. The van der Waals surface area contributed by atoms with Crippen LogP contribution in [0.2, 0.25) is 0 Å². The Labute approximate surface area is 152 Å². The highest BCUT2D eigenvalue weighted by Gasteiger charge is 2.28. The van der Waals surface area contributed by atoms with Gasteiger partial charge in [0.15, 0.2) is 0 Å². The molecule has 4 nitrogen and oxygen atoms in total. The molecule has 2 heterocycles. The van der Waals surface area contributed by atoms with Gasteiger partial charge in [-0.3, -0.25) is 9.69 Å². The van der Waals surface area contributed by atoms with Crippen molar-refractivity contribution in [2.75, 3.05) is 26.2 Å². The molecule has 0 saturated carbocycles. The number of likely N-dealkylation sites (tertiary alicyclic amines) is 1. The zero-order valence-corrected chi connectivity index (χ0v) is 15.5. The number of hydrogen-bond acceptors (Lipinski definition) is 3. The second kappa shape index (κ2) is 9.35. The molecule has 1 aromatic carbocycles. The van der Waals surface area contributed by atoms with Crippen molar-refractivity contribution < 1.29 is 4.79 Å². The van der Waals surface area contributed by atoms with Crippen LogP contribution in [0.25, 0.3) is 0 Å². The summed E-state index contributed by atoms with van der Waals surface area (Å²) in [6, 6.07) is 10.9. The lowest BCUT2D eigenvalue weighted by molar-refractivity contribution is -0.122. The van der Waals surface area contributed by atoms with Crippen LogP contribution in [0.5, 0.6) is 0 Å². The Morgan fingerprint density at radius 3 is 2.76 bits per heavy atom. The van der Waals surface area contributed by atoms with Crippen molar-refractivity contribution in [1.82, 2.24) is 15.5 Å². The minimum Gasteiger partial charge on any atom is -0.353 e. The van der Waals surface area contributed by atoms with Crippen LogP contribution < -0.4 is 10.6 Å². The van der Waals surface area contributed by atoms with Gasteiger partial charge < -0.3 is 10.6 Å². The Morgan fingerprint density at radius 1 is 1.24 bits per heavy atom. The van der Waals surface area contributed by atoms with Crippen molar-refractivity contribution in [1.29, 1.82) is 0 Å². The number of carbonyl (C=O) groups excluding carboxylic acids is 1. The molecule has 2 N–H and O–H groups in total. The summed E-state index contributed by atoms with van der Waals surface area (Å²) in [5.41, 5.74) is 1.38. The minimum absolute atomic E-state index is 0.243. The number of benzene rings is 1. The molecule has 0 spiro atoms. The third-order valence-electron chi connectivity index (χ3n) is 5.89. The Morgan fingerprint density at radius 2 is 2.00 bits per heavy atom. The SMILES string of the molecule is CC(NC(=O)CCC1CCNCC1)C1CCN(Cc2ccccc2)C1. The van der Waals surface area contributed by atoms with Crippen molar-refractivity contribution in [2.24, 2.45) is 11.8 Å². The molecule has 4 heteroatoms. The third-order valence-corrected chi connectivity index (χ3v) is 5.89. The van der Waals surface area contributed by atoms with E-state index < -0.39 is 0 Å². The Hall–Kier alpha value is -1.39. The zero-order chi connectivity index (χ0) is 17.5. The number of rotatable bonds is 7. The van der Waals surface area contributed by atoms with Crippen LogP contribution in [0, 0.1) is 11.8 Å². The Kier molecular flexibility index (Phi) is 6.88. The molecule has 25 heavy (non-hydrogen) atoms. The minimum atomic E-state index is 0.243. The first kappa shape index (κ1) is 18.4. The average molecular weight is 344 g/mol. The van der Waals surface area contributed by atoms with Crippen LogP contribution in [0.1, 0.15) is 44.6 Å². The van der Waals surface area contributed by atoms with Gasteiger partial charge in [-0.05, 0) is 69.6 Å². The summed E-state index contributed by atoms with van der Waals surface area (Å²) in [7, 11) is 0. The van der Waals surface area contributed by atoms with Gasteiger partial charge in [-0.2, -0.15) is 0 Å². The van der Waals surface area contributed by atoms with Gasteiger partial charge in [0.2, 0.25) is 5.91 Å². The van der Waals surface area contributed by atoms with Crippen LogP contribution in [-0.2, 0) is 11.3 Å². The highest BCUT2D eigenvalue weighted by atomic mass is 16.1. The van der Waals surface area contributed by atoms with E-state index in [9.17, 15) is 4.79 Å². The van der Waals surface area contributed by atoms with E-state index in [0.29, 0.717) is 12.3 Å². The lowest BCUT2D eigenvalue weighted by Gasteiger charge is -2.24. The molecule has 2 unspecified atom stereocenters. The second-order valence-electron chi connectivity index (χ2n) is 7.86. The molecular formula is C21H33N3O. The summed E-state index contributed by atoms with van der Waals surface area (Å²) in [5.74, 6) is 1.55. The summed E-state index contributed by atoms with van der Waals surface area (Å²) in [6.45, 7) is 7.65. The number of carbonyl (C=O) groups is 1. The zero-order valence-electron chi connectivity index (χ0n) is 15.5. The van der Waals surface area contributed by atoms with E-state index in [1.54, 1.807) is 0 Å². The number of nitrogens with one attached hydrogen (secondary N) is 2. The predicted octanol–water partition coefficient (Wildman–Crippen LogP) is 2.79. The molecule has 138 valence electrons. The van der Waals surface area contributed by atoms with Gasteiger partial charge >= 0.3 is 0 Å². The number of piperidine rings is 1. The summed E-state index contributed by atoms with van der Waals surface area (Å²) < 4.78 is 0. The van der Waals surface area contributed by atoms with Crippen LogP contribution in [0.15, 0.2) is 30.3 Å². The predicted molar refractivity (Wildman–Crippen MR) is 102 cm³/mol. The molecule has 0 radical (unpaired) electrons. The summed E-state index contributed by atoms with van der Waals surface area (Å²) >= 11 is 0. The summed E-state index contributed by atoms with van der Waals surface area (Å²) in [5, 5.41) is 6.65. The van der Waals surface area contributed by atoms with Crippen LogP contribution in [-0.4, -0.2) is 43.0 Å². The van der Waals surface area contributed by atoms with Gasteiger partial charge in [-0.25, -0.2) is 0 Å². The topological polar surface area (TPSA) is 44.4 Å². The molecule has 2 aliphatic rings. The lowest BCUT2D eigenvalue weighted by Crippen LogP contribution is -2.39. The fourth-order valence-electron chi connectivity index (χ4n) is 4.21. The number of amides is 1. The monoisotopic (exact) mass is 343 g/mol. The molecule has 1 amide bonds. The van der Waals surface area contributed by atoms with Gasteiger partial charge in [0.25, 0.3) is 0 Å². The molecule has 2 saturated heterocycles. The van der Waals surface area contributed by atoms with Gasteiger partial charge in [-0.1, -0.05) is 30.3 Å². The second-order valence-corrected chi connectivity index (χ2v) is 7.86. The van der Waals surface area contributed by atoms with Gasteiger partial charge in [0.1, 0.15) is 0 Å². The van der Waals surface area contributed by atoms with E-state index in [-0.39, 0.29) is 11.9 Å². The van der Waals surface area contributed by atoms with Crippen molar-refractivity contribution in [3.63, 3.8) is 0 Å². The first-order valence-electron chi connectivity index (χ1n) is 9.97. The number of hydrogen-bond donors (Lipinski definition) is 2. The van der Waals surface area contributed by atoms with Crippen molar-refractivity contribution in [2.45, 2.75) is 51.6 Å². The first-order valence-corrected chi connectivity index (χ1v) is 9.97. The maximum atomic E-state index is 12.3. The third kappa shape index (κ3) is 5.82. The fourth-order valence-corrected chi connectivity index (χ4v) is 4.21. The standard InChI is InChI=1S/C21H33N3O/c1-17(23-21(25)8-7-18-9-12-22-13-10-18)20-11-14-24(16-20)15-19-5-3-2-4-6-19/h2-6,17-18,20,22H,7-16H2,1H3,(H,23,25). The highest BCUT2D eigenvalue weighted by Crippen LogP contribution is 2.22. The molecular weight excluding hydrogens is 310 g/mol. The molecule has 2 fully saturated rings. The van der Waals surface area contributed by atoms with E-state index in [2.05, 4.69) is 52.8 Å². The molecule has 0 bridgehead atoms.